The summed E-state index contributed by atoms with van der Waals surface area (Å²) in [5.74, 6) is -0.397. The summed E-state index contributed by atoms with van der Waals surface area (Å²) in [7, 11) is 1.56. The zero-order valence-corrected chi connectivity index (χ0v) is 12.7. The molecule has 0 saturated carbocycles. The fraction of sp³-hybridized carbons (Fsp3) is 0.400. The summed E-state index contributed by atoms with van der Waals surface area (Å²) in [4.78, 5) is 34.4. The highest BCUT2D eigenvalue weighted by Gasteiger charge is 2.29. The van der Waals surface area contributed by atoms with E-state index in [9.17, 15) is 14.4 Å². The number of cyclic esters (lactones) is 1. The number of methoxy groups -OCH3 is 1. The van der Waals surface area contributed by atoms with Crippen molar-refractivity contribution >= 4 is 23.7 Å². The molecule has 1 saturated heterocycles. The van der Waals surface area contributed by atoms with Crippen molar-refractivity contribution < 1.29 is 28.6 Å². The Bertz CT molecular complexity index is 572. The largest absolute Gasteiger partial charge is 0.497 e. The van der Waals surface area contributed by atoms with E-state index < -0.39 is 24.1 Å². The summed E-state index contributed by atoms with van der Waals surface area (Å²) in [6, 6.07) is 6.38. The van der Waals surface area contributed by atoms with E-state index in [4.69, 9.17) is 9.47 Å². The molecule has 1 aromatic carbocycles. The normalized spacial score (nSPS) is 16.4. The van der Waals surface area contributed by atoms with Gasteiger partial charge in [-0.15, -0.1) is 0 Å². The molecule has 1 aliphatic rings. The molecule has 1 fully saturated rings. The summed E-state index contributed by atoms with van der Waals surface area (Å²) < 4.78 is 14.7. The summed E-state index contributed by atoms with van der Waals surface area (Å²) in [6.45, 7) is 0.363. The topological polar surface area (TPSA) is 103 Å². The molecule has 2 N–H and O–H groups in total. The van der Waals surface area contributed by atoms with E-state index in [-0.39, 0.29) is 19.6 Å². The van der Waals surface area contributed by atoms with Gasteiger partial charge in [0.2, 0.25) is 6.10 Å². The fourth-order valence-electron chi connectivity index (χ4n) is 1.93. The van der Waals surface area contributed by atoms with Crippen LogP contribution in [0, 0.1) is 0 Å². The van der Waals surface area contributed by atoms with Crippen LogP contribution in [-0.2, 0) is 19.1 Å². The average Bonchev–Trinajstić information content (AvgIpc) is 2.93. The summed E-state index contributed by atoms with van der Waals surface area (Å²) in [5.41, 5.74) is 0.597. The van der Waals surface area contributed by atoms with E-state index >= 15 is 0 Å². The van der Waals surface area contributed by atoms with Gasteiger partial charge in [-0.1, -0.05) is 0 Å². The molecule has 2 amide bonds. The van der Waals surface area contributed by atoms with Crippen LogP contribution in [0.1, 0.15) is 12.8 Å². The Balaban J connectivity index is 1.65. The Morgan fingerprint density at radius 3 is 2.65 bits per heavy atom. The third kappa shape index (κ3) is 5.17. The van der Waals surface area contributed by atoms with Crippen molar-refractivity contribution in [1.82, 2.24) is 5.32 Å². The molecule has 1 heterocycles. The number of urea groups is 1. The maximum absolute atomic E-state index is 11.7. The van der Waals surface area contributed by atoms with Gasteiger partial charge in [-0.05, 0) is 24.3 Å². The van der Waals surface area contributed by atoms with Gasteiger partial charge in [0.1, 0.15) is 5.75 Å². The number of benzene rings is 1. The lowest BCUT2D eigenvalue weighted by Crippen LogP contribution is -2.32. The van der Waals surface area contributed by atoms with Gasteiger partial charge in [-0.3, -0.25) is 4.79 Å². The predicted octanol–water partition coefficient (Wildman–Crippen LogP) is 1.07. The van der Waals surface area contributed by atoms with Crippen LogP contribution in [0.4, 0.5) is 10.5 Å². The third-order valence-corrected chi connectivity index (χ3v) is 3.12. The van der Waals surface area contributed by atoms with E-state index in [0.717, 1.165) is 0 Å². The SMILES string of the molecule is COc1ccc(NC(=O)NCCC(=O)O[C@@H]2CCOC2=O)cc1. The van der Waals surface area contributed by atoms with Gasteiger partial charge in [-0.2, -0.15) is 0 Å². The minimum atomic E-state index is -0.823. The molecule has 1 atom stereocenters. The van der Waals surface area contributed by atoms with E-state index in [1.165, 1.54) is 0 Å². The van der Waals surface area contributed by atoms with Crippen molar-refractivity contribution in [3.8, 4) is 5.75 Å². The predicted molar refractivity (Wildman–Crippen MR) is 80.1 cm³/mol. The summed E-state index contributed by atoms with van der Waals surface area (Å²) in [6.07, 6.45) is -0.480. The Morgan fingerprint density at radius 2 is 2.04 bits per heavy atom. The first kappa shape index (κ1) is 16.6. The van der Waals surface area contributed by atoms with Crippen molar-refractivity contribution in [3.05, 3.63) is 24.3 Å². The van der Waals surface area contributed by atoms with Crippen LogP contribution in [0.15, 0.2) is 24.3 Å². The second kappa shape index (κ2) is 8.02. The average molecular weight is 322 g/mol. The number of anilines is 1. The quantitative estimate of drug-likeness (QED) is 0.759. The Morgan fingerprint density at radius 1 is 1.30 bits per heavy atom. The minimum Gasteiger partial charge on any atom is -0.497 e. The van der Waals surface area contributed by atoms with Crippen LogP contribution in [0.2, 0.25) is 0 Å². The highest BCUT2D eigenvalue weighted by atomic mass is 16.6. The van der Waals surface area contributed by atoms with Gasteiger partial charge in [0.25, 0.3) is 0 Å². The molecule has 0 aliphatic carbocycles. The van der Waals surface area contributed by atoms with E-state index in [0.29, 0.717) is 17.9 Å². The fourth-order valence-corrected chi connectivity index (χ4v) is 1.93. The van der Waals surface area contributed by atoms with Gasteiger partial charge in [0.15, 0.2) is 0 Å². The van der Waals surface area contributed by atoms with Crippen molar-refractivity contribution in [2.45, 2.75) is 18.9 Å². The van der Waals surface area contributed by atoms with Gasteiger partial charge < -0.3 is 24.8 Å². The molecule has 0 spiro atoms. The second-order valence-electron chi connectivity index (χ2n) is 4.79. The van der Waals surface area contributed by atoms with E-state index in [2.05, 4.69) is 15.4 Å². The lowest BCUT2D eigenvalue weighted by molar-refractivity contribution is -0.160. The Labute approximate surface area is 133 Å². The maximum atomic E-state index is 11.7. The van der Waals surface area contributed by atoms with E-state index in [1.807, 2.05) is 0 Å². The second-order valence-corrected chi connectivity index (χ2v) is 4.79. The third-order valence-electron chi connectivity index (χ3n) is 3.12. The van der Waals surface area contributed by atoms with E-state index in [1.54, 1.807) is 31.4 Å². The summed E-state index contributed by atoms with van der Waals surface area (Å²) in [5, 5.41) is 5.14. The lowest BCUT2D eigenvalue weighted by Gasteiger charge is -2.10. The van der Waals surface area contributed by atoms with Crippen molar-refractivity contribution in [1.29, 1.82) is 0 Å². The number of amides is 2. The molecular formula is C15H18N2O6. The van der Waals surface area contributed by atoms with Gasteiger partial charge >= 0.3 is 18.0 Å². The van der Waals surface area contributed by atoms with Crippen molar-refractivity contribution in [2.75, 3.05) is 25.6 Å². The summed E-state index contributed by atoms with van der Waals surface area (Å²) >= 11 is 0. The molecule has 8 nitrogen and oxygen atoms in total. The monoisotopic (exact) mass is 322 g/mol. The van der Waals surface area contributed by atoms with Gasteiger partial charge in [0.05, 0.1) is 20.1 Å². The number of hydrogen-bond donors (Lipinski definition) is 2. The number of ether oxygens (including phenoxy) is 3. The molecule has 0 bridgehead atoms. The van der Waals surface area contributed by atoms with Gasteiger partial charge in [0, 0.05) is 18.7 Å². The molecule has 0 aromatic heterocycles. The lowest BCUT2D eigenvalue weighted by atomic mass is 10.3. The van der Waals surface area contributed by atoms with Crippen LogP contribution in [-0.4, -0.2) is 44.3 Å². The number of esters is 2. The van der Waals surface area contributed by atoms with Crippen molar-refractivity contribution in [2.24, 2.45) is 0 Å². The zero-order valence-electron chi connectivity index (χ0n) is 12.7. The first-order valence-electron chi connectivity index (χ1n) is 7.13. The molecule has 8 heteroatoms. The molecule has 124 valence electrons. The molecule has 0 radical (unpaired) electrons. The van der Waals surface area contributed by atoms with Crippen LogP contribution >= 0.6 is 0 Å². The van der Waals surface area contributed by atoms with Crippen molar-refractivity contribution in [3.63, 3.8) is 0 Å². The highest BCUT2D eigenvalue weighted by Crippen LogP contribution is 2.14. The minimum absolute atomic E-state index is 0.0280. The molecule has 0 unspecified atom stereocenters. The molecule has 2 rings (SSSR count). The first-order valence-corrected chi connectivity index (χ1v) is 7.13. The number of carbonyl (C=O) groups is 3. The number of carbonyl (C=O) groups excluding carboxylic acids is 3. The molecule has 1 aromatic rings. The van der Waals surface area contributed by atoms with Crippen LogP contribution in [0.25, 0.3) is 0 Å². The standard InChI is InChI=1S/C15H18N2O6/c1-21-11-4-2-10(3-5-11)17-15(20)16-8-6-13(18)23-12-7-9-22-14(12)19/h2-5,12H,6-9H2,1H3,(H2,16,17,20)/t12-/m1/s1. The zero-order chi connectivity index (χ0) is 16.7. The number of hydrogen-bond acceptors (Lipinski definition) is 6. The molecule has 1 aliphatic heterocycles. The maximum Gasteiger partial charge on any atom is 0.347 e. The van der Waals surface area contributed by atoms with Crippen LogP contribution in [0.5, 0.6) is 5.75 Å². The highest BCUT2D eigenvalue weighted by molar-refractivity contribution is 5.89. The Kier molecular flexibility index (Phi) is 5.79. The van der Waals surface area contributed by atoms with Crippen LogP contribution < -0.4 is 15.4 Å². The van der Waals surface area contributed by atoms with Crippen LogP contribution in [0.3, 0.4) is 0 Å². The first-order chi connectivity index (χ1) is 11.1. The molecular weight excluding hydrogens is 304 g/mol. The smallest absolute Gasteiger partial charge is 0.347 e. The molecule has 23 heavy (non-hydrogen) atoms. The number of rotatable bonds is 6. The van der Waals surface area contributed by atoms with Gasteiger partial charge in [-0.25, -0.2) is 9.59 Å². The number of nitrogens with one attached hydrogen (secondary N) is 2. The Hall–Kier alpha value is -2.77.